The molecule has 0 unspecified atom stereocenters. The molecule has 0 bridgehead atoms. The summed E-state index contributed by atoms with van der Waals surface area (Å²) in [5.74, 6) is 1.67. The molecule has 4 nitrogen and oxygen atoms in total. The summed E-state index contributed by atoms with van der Waals surface area (Å²) in [5, 5.41) is 3.20. The van der Waals surface area contributed by atoms with Crippen LogP contribution < -0.4 is 10.1 Å². The third-order valence-corrected chi connectivity index (χ3v) is 4.26. The first kappa shape index (κ1) is 19.8. The van der Waals surface area contributed by atoms with Crippen molar-refractivity contribution >= 4 is 18.3 Å². The van der Waals surface area contributed by atoms with Gasteiger partial charge in [0.25, 0.3) is 5.91 Å². The van der Waals surface area contributed by atoms with Gasteiger partial charge in [-0.1, -0.05) is 13.0 Å². The van der Waals surface area contributed by atoms with Gasteiger partial charge in [-0.15, -0.1) is 12.4 Å². The molecule has 23 heavy (non-hydrogen) atoms. The fourth-order valence-electron chi connectivity index (χ4n) is 2.89. The number of amides is 1. The molecule has 0 aliphatic carbocycles. The number of nitrogens with zero attached hydrogens (tertiary/aromatic N) is 1. The van der Waals surface area contributed by atoms with Crippen LogP contribution in [0.2, 0.25) is 0 Å². The van der Waals surface area contributed by atoms with Crippen molar-refractivity contribution in [3.05, 3.63) is 29.8 Å². The normalized spacial score (nSPS) is 15.1. The second-order valence-corrected chi connectivity index (χ2v) is 6.00. The number of carbonyl (C=O) groups is 1. The molecule has 1 fully saturated rings. The lowest BCUT2D eigenvalue weighted by atomic mass is 9.93. The molecule has 1 heterocycles. The molecule has 0 aromatic heterocycles. The molecule has 1 aromatic carbocycles. The summed E-state index contributed by atoms with van der Waals surface area (Å²) in [6.45, 7) is 5.57. The first-order valence-electron chi connectivity index (χ1n) is 8.41. The summed E-state index contributed by atoms with van der Waals surface area (Å²) in [7, 11) is 1.99. The molecule has 2 rings (SSSR count). The smallest absolute Gasteiger partial charge is 0.253 e. The summed E-state index contributed by atoms with van der Waals surface area (Å²) >= 11 is 0. The minimum absolute atomic E-state index is 0. The topological polar surface area (TPSA) is 41.6 Å². The van der Waals surface area contributed by atoms with Gasteiger partial charge in [-0.05, 0) is 63.4 Å². The summed E-state index contributed by atoms with van der Waals surface area (Å²) in [6, 6.07) is 7.56. The van der Waals surface area contributed by atoms with Gasteiger partial charge in [0, 0.05) is 18.7 Å². The first-order valence-corrected chi connectivity index (χ1v) is 8.41. The van der Waals surface area contributed by atoms with Gasteiger partial charge in [0.1, 0.15) is 5.75 Å². The van der Waals surface area contributed by atoms with Gasteiger partial charge in [-0.25, -0.2) is 0 Å². The van der Waals surface area contributed by atoms with Gasteiger partial charge < -0.3 is 15.0 Å². The van der Waals surface area contributed by atoms with E-state index in [2.05, 4.69) is 12.2 Å². The van der Waals surface area contributed by atoms with Gasteiger partial charge in [-0.2, -0.15) is 0 Å². The van der Waals surface area contributed by atoms with Gasteiger partial charge in [-0.3, -0.25) is 4.79 Å². The van der Waals surface area contributed by atoms with Crippen molar-refractivity contribution < 1.29 is 9.53 Å². The van der Waals surface area contributed by atoms with E-state index >= 15 is 0 Å². The van der Waals surface area contributed by atoms with Gasteiger partial charge in [0.2, 0.25) is 0 Å². The van der Waals surface area contributed by atoms with Gasteiger partial charge in [0.05, 0.1) is 6.61 Å². The number of benzene rings is 1. The molecule has 0 atom stereocenters. The molecule has 0 saturated carbocycles. The zero-order chi connectivity index (χ0) is 15.8. The molecule has 1 N–H and O–H groups in total. The predicted octanol–water partition coefficient (Wildman–Crippen LogP) is 3.36. The van der Waals surface area contributed by atoms with E-state index in [9.17, 15) is 4.79 Å². The molecule has 1 saturated heterocycles. The summed E-state index contributed by atoms with van der Waals surface area (Å²) in [4.78, 5) is 14.6. The third kappa shape index (κ3) is 6.04. The second kappa shape index (κ2) is 10.5. The van der Waals surface area contributed by atoms with E-state index in [-0.39, 0.29) is 18.3 Å². The Bertz CT molecular complexity index is 474. The van der Waals surface area contributed by atoms with Crippen LogP contribution in [0.5, 0.6) is 5.75 Å². The average Bonchev–Trinajstić information content (AvgIpc) is 2.58. The van der Waals surface area contributed by atoms with E-state index in [1.54, 1.807) is 0 Å². The summed E-state index contributed by atoms with van der Waals surface area (Å²) < 4.78 is 5.62. The number of ether oxygens (including phenoxy) is 1. The summed E-state index contributed by atoms with van der Waals surface area (Å²) in [5.41, 5.74) is 0.738. The largest absolute Gasteiger partial charge is 0.494 e. The highest BCUT2D eigenvalue weighted by Gasteiger charge is 2.23. The average molecular weight is 341 g/mol. The van der Waals surface area contributed by atoms with Crippen molar-refractivity contribution in [1.29, 1.82) is 0 Å². The van der Waals surface area contributed by atoms with E-state index < -0.39 is 0 Å². The second-order valence-electron chi connectivity index (χ2n) is 6.00. The van der Waals surface area contributed by atoms with E-state index in [1.165, 1.54) is 6.42 Å². The number of hydrogen-bond acceptors (Lipinski definition) is 3. The highest BCUT2D eigenvalue weighted by molar-refractivity contribution is 5.94. The van der Waals surface area contributed by atoms with Crippen LogP contribution in [0.3, 0.4) is 0 Å². The highest BCUT2D eigenvalue weighted by Crippen LogP contribution is 2.22. The highest BCUT2D eigenvalue weighted by atomic mass is 35.5. The van der Waals surface area contributed by atoms with Crippen molar-refractivity contribution in [2.45, 2.75) is 32.6 Å². The van der Waals surface area contributed by atoms with Crippen molar-refractivity contribution in [1.82, 2.24) is 10.2 Å². The lowest BCUT2D eigenvalue weighted by molar-refractivity contribution is 0.0686. The maximum atomic E-state index is 12.6. The predicted molar refractivity (Wildman–Crippen MR) is 96.6 cm³/mol. The molecule has 1 aliphatic heterocycles. The Morgan fingerprint density at radius 2 is 2.09 bits per heavy atom. The molecule has 5 heteroatoms. The molecular formula is C18H29ClN2O2. The van der Waals surface area contributed by atoms with Crippen LogP contribution in [0.1, 0.15) is 43.0 Å². The third-order valence-electron chi connectivity index (χ3n) is 4.26. The number of likely N-dealkylation sites (tertiary alicyclic amines) is 1. The van der Waals surface area contributed by atoms with Crippen molar-refractivity contribution in [2.75, 3.05) is 33.3 Å². The monoisotopic (exact) mass is 340 g/mol. The molecule has 0 spiro atoms. The first-order chi connectivity index (χ1) is 10.7. The lowest BCUT2D eigenvalue weighted by Gasteiger charge is -2.32. The SMILES string of the molecule is CCCOc1cccc(C(=O)N2CCC(CCNC)CC2)c1.Cl. The molecule has 1 amide bonds. The Morgan fingerprint density at radius 3 is 2.74 bits per heavy atom. The minimum atomic E-state index is 0. The van der Waals surface area contributed by atoms with Crippen LogP contribution in [0.15, 0.2) is 24.3 Å². The zero-order valence-corrected chi connectivity index (χ0v) is 15.0. The fourth-order valence-corrected chi connectivity index (χ4v) is 2.89. The fraction of sp³-hybridized carbons (Fsp3) is 0.611. The Hall–Kier alpha value is -1.26. The van der Waals surface area contributed by atoms with E-state index in [0.717, 1.165) is 56.1 Å². The van der Waals surface area contributed by atoms with Crippen molar-refractivity contribution in [3.8, 4) is 5.75 Å². The Kier molecular flexibility index (Phi) is 9.03. The molecule has 1 aromatic rings. The zero-order valence-electron chi connectivity index (χ0n) is 14.2. The van der Waals surface area contributed by atoms with Crippen LogP contribution in [0, 0.1) is 5.92 Å². The number of carbonyl (C=O) groups excluding carboxylic acids is 1. The van der Waals surface area contributed by atoms with Crippen LogP contribution >= 0.6 is 12.4 Å². The van der Waals surface area contributed by atoms with Crippen molar-refractivity contribution in [3.63, 3.8) is 0 Å². The number of halogens is 1. The van der Waals surface area contributed by atoms with Crippen LogP contribution in [-0.4, -0.2) is 44.1 Å². The molecular weight excluding hydrogens is 312 g/mol. The quantitative estimate of drug-likeness (QED) is 0.827. The van der Waals surface area contributed by atoms with Crippen LogP contribution in [-0.2, 0) is 0 Å². The maximum Gasteiger partial charge on any atom is 0.253 e. The summed E-state index contributed by atoms with van der Waals surface area (Å²) in [6.07, 6.45) is 4.40. The standard InChI is InChI=1S/C18H28N2O2.ClH/c1-3-13-22-17-6-4-5-16(14-17)18(21)20-11-8-15(9-12-20)7-10-19-2;/h4-6,14-15,19H,3,7-13H2,1-2H3;1H. The van der Waals surface area contributed by atoms with E-state index in [1.807, 2.05) is 36.2 Å². The van der Waals surface area contributed by atoms with E-state index in [0.29, 0.717) is 6.61 Å². The number of nitrogens with one attached hydrogen (secondary N) is 1. The molecule has 1 aliphatic rings. The van der Waals surface area contributed by atoms with Gasteiger partial charge >= 0.3 is 0 Å². The van der Waals surface area contributed by atoms with Crippen LogP contribution in [0.25, 0.3) is 0 Å². The number of rotatable bonds is 7. The minimum Gasteiger partial charge on any atom is -0.494 e. The maximum absolute atomic E-state index is 12.6. The van der Waals surface area contributed by atoms with Crippen molar-refractivity contribution in [2.24, 2.45) is 5.92 Å². The molecule has 130 valence electrons. The number of piperidine rings is 1. The van der Waals surface area contributed by atoms with Crippen LogP contribution in [0.4, 0.5) is 0 Å². The lowest BCUT2D eigenvalue weighted by Crippen LogP contribution is -2.38. The van der Waals surface area contributed by atoms with Gasteiger partial charge in [0.15, 0.2) is 0 Å². The Balaban J connectivity index is 0.00000264. The molecule has 0 radical (unpaired) electrons. The Labute approximate surface area is 146 Å². The Morgan fingerprint density at radius 1 is 1.35 bits per heavy atom. The van der Waals surface area contributed by atoms with E-state index in [4.69, 9.17) is 4.74 Å². The number of hydrogen-bond donors (Lipinski definition) is 1.